The summed E-state index contributed by atoms with van der Waals surface area (Å²) in [5, 5.41) is 2.73. The Bertz CT molecular complexity index is 850. The van der Waals surface area contributed by atoms with Crippen LogP contribution in [0, 0.1) is 5.92 Å². The molecule has 0 atom stereocenters. The van der Waals surface area contributed by atoms with Crippen molar-refractivity contribution in [3.8, 4) is 0 Å². The highest BCUT2D eigenvalue weighted by atomic mass is 16.3. The third-order valence-electron chi connectivity index (χ3n) is 4.92. The standard InChI is InChI=1S/C20H21N3O4/c24-18(17-5-2-12-27-17)21-16-4-1-3-15(13-16)20(26)23-10-8-22(9-11-23)19(25)14-6-7-14/h1-5,12-14H,6-11H2,(H,21,24). The number of carbonyl (C=O) groups excluding carboxylic acids is 3. The zero-order valence-corrected chi connectivity index (χ0v) is 14.9. The van der Waals surface area contributed by atoms with Gasteiger partial charge in [0.25, 0.3) is 11.8 Å². The number of hydrogen-bond acceptors (Lipinski definition) is 4. The van der Waals surface area contributed by atoms with Crippen LogP contribution < -0.4 is 5.32 Å². The quantitative estimate of drug-likeness (QED) is 0.898. The van der Waals surface area contributed by atoms with E-state index in [1.54, 1.807) is 41.3 Å². The monoisotopic (exact) mass is 367 g/mol. The molecule has 2 aliphatic rings. The molecule has 0 unspecified atom stereocenters. The largest absolute Gasteiger partial charge is 0.459 e. The molecule has 1 aromatic heterocycles. The Morgan fingerprint density at radius 2 is 1.70 bits per heavy atom. The molecule has 1 aliphatic carbocycles. The maximum absolute atomic E-state index is 12.8. The Morgan fingerprint density at radius 3 is 2.37 bits per heavy atom. The lowest BCUT2D eigenvalue weighted by molar-refractivity contribution is -0.134. The van der Waals surface area contributed by atoms with Crippen LogP contribution in [0.15, 0.2) is 47.1 Å². The Kier molecular flexibility index (Phi) is 4.66. The van der Waals surface area contributed by atoms with Gasteiger partial charge in [-0.15, -0.1) is 0 Å². The first-order valence-electron chi connectivity index (χ1n) is 9.15. The number of hydrogen-bond donors (Lipinski definition) is 1. The van der Waals surface area contributed by atoms with Crippen LogP contribution in [0.4, 0.5) is 5.69 Å². The molecule has 1 saturated heterocycles. The molecule has 7 heteroatoms. The fourth-order valence-electron chi connectivity index (χ4n) is 3.23. The summed E-state index contributed by atoms with van der Waals surface area (Å²) in [6.45, 7) is 2.21. The minimum Gasteiger partial charge on any atom is -0.459 e. The van der Waals surface area contributed by atoms with Gasteiger partial charge < -0.3 is 19.5 Å². The van der Waals surface area contributed by atoms with E-state index in [0.29, 0.717) is 37.4 Å². The minimum absolute atomic E-state index is 0.0948. The molecule has 1 saturated carbocycles. The molecule has 140 valence electrons. The Balaban J connectivity index is 1.37. The maximum atomic E-state index is 12.8. The predicted octanol–water partition coefficient (Wildman–Crippen LogP) is 2.23. The summed E-state index contributed by atoms with van der Waals surface area (Å²) in [7, 11) is 0. The van der Waals surface area contributed by atoms with Gasteiger partial charge in [0.2, 0.25) is 5.91 Å². The molecule has 2 aromatic rings. The number of carbonyl (C=O) groups is 3. The smallest absolute Gasteiger partial charge is 0.291 e. The number of piperazine rings is 1. The summed E-state index contributed by atoms with van der Waals surface area (Å²) in [5.41, 5.74) is 1.04. The molecule has 27 heavy (non-hydrogen) atoms. The summed E-state index contributed by atoms with van der Waals surface area (Å²) in [6, 6.07) is 10.1. The molecule has 7 nitrogen and oxygen atoms in total. The van der Waals surface area contributed by atoms with Crippen molar-refractivity contribution in [1.82, 2.24) is 9.80 Å². The number of nitrogens with zero attached hydrogens (tertiary/aromatic N) is 2. The lowest BCUT2D eigenvalue weighted by Gasteiger charge is -2.35. The number of nitrogens with one attached hydrogen (secondary N) is 1. The van der Waals surface area contributed by atoms with Gasteiger partial charge in [-0.1, -0.05) is 6.07 Å². The average molecular weight is 367 g/mol. The van der Waals surface area contributed by atoms with Crippen LogP contribution in [-0.4, -0.2) is 53.7 Å². The molecular formula is C20H21N3O4. The molecule has 0 radical (unpaired) electrons. The molecule has 4 rings (SSSR count). The molecule has 2 heterocycles. The lowest BCUT2D eigenvalue weighted by Crippen LogP contribution is -2.51. The van der Waals surface area contributed by atoms with Gasteiger partial charge in [-0.3, -0.25) is 14.4 Å². The van der Waals surface area contributed by atoms with E-state index >= 15 is 0 Å². The highest BCUT2D eigenvalue weighted by molar-refractivity contribution is 6.03. The topological polar surface area (TPSA) is 82.9 Å². The summed E-state index contributed by atoms with van der Waals surface area (Å²) in [5.74, 6) is 0.189. The van der Waals surface area contributed by atoms with Crippen molar-refractivity contribution in [3.05, 3.63) is 54.0 Å². The van der Waals surface area contributed by atoms with E-state index in [-0.39, 0.29) is 29.4 Å². The van der Waals surface area contributed by atoms with Crippen molar-refractivity contribution in [3.63, 3.8) is 0 Å². The SMILES string of the molecule is O=C(Nc1cccc(C(=O)N2CCN(C(=O)C3CC3)CC2)c1)c1ccco1. The van der Waals surface area contributed by atoms with Crippen LogP contribution in [0.5, 0.6) is 0 Å². The van der Waals surface area contributed by atoms with E-state index in [4.69, 9.17) is 4.42 Å². The second-order valence-electron chi connectivity index (χ2n) is 6.90. The van der Waals surface area contributed by atoms with Crippen LogP contribution in [0.25, 0.3) is 0 Å². The third-order valence-corrected chi connectivity index (χ3v) is 4.92. The molecule has 2 fully saturated rings. The van der Waals surface area contributed by atoms with Crippen molar-refractivity contribution in [2.75, 3.05) is 31.5 Å². The highest BCUT2D eigenvalue weighted by Gasteiger charge is 2.35. The number of amides is 3. The second-order valence-corrected chi connectivity index (χ2v) is 6.90. The fraction of sp³-hybridized carbons (Fsp3) is 0.350. The van der Waals surface area contributed by atoms with E-state index in [2.05, 4.69) is 5.32 Å². The molecule has 1 N–H and O–H groups in total. The number of furan rings is 1. The van der Waals surface area contributed by atoms with Crippen LogP contribution >= 0.6 is 0 Å². The van der Waals surface area contributed by atoms with Gasteiger partial charge in [0, 0.05) is 43.3 Å². The van der Waals surface area contributed by atoms with Crippen molar-refractivity contribution in [2.45, 2.75) is 12.8 Å². The lowest BCUT2D eigenvalue weighted by atomic mass is 10.1. The Morgan fingerprint density at radius 1 is 0.963 bits per heavy atom. The third kappa shape index (κ3) is 3.86. The van der Waals surface area contributed by atoms with E-state index in [0.717, 1.165) is 12.8 Å². The molecular weight excluding hydrogens is 346 g/mol. The summed E-state index contributed by atoms with van der Waals surface area (Å²) in [6.07, 6.45) is 3.42. The highest BCUT2D eigenvalue weighted by Crippen LogP contribution is 2.31. The zero-order chi connectivity index (χ0) is 18.8. The molecule has 0 spiro atoms. The zero-order valence-electron chi connectivity index (χ0n) is 14.9. The summed E-state index contributed by atoms with van der Waals surface area (Å²) in [4.78, 5) is 40.6. The first kappa shape index (κ1) is 17.3. The van der Waals surface area contributed by atoms with Crippen LogP contribution in [0.1, 0.15) is 33.8 Å². The fourth-order valence-corrected chi connectivity index (χ4v) is 3.23. The average Bonchev–Trinajstić information content (AvgIpc) is 3.40. The normalized spacial score (nSPS) is 16.9. The number of anilines is 1. The van der Waals surface area contributed by atoms with Gasteiger partial charge in [-0.05, 0) is 43.2 Å². The van der Waals surface area contributed by atoms with Crippen molar-refractivity contribution < 1.29 is 18.8 Å². The van der Waals surface area contributed by atoms with E-state index in [1.807, 2.05) is 4.90 Å². The van der Waals surface area contributed by atoms with E-state index in [1.165, 1.54) is 6.26 Å². The van der Waals surface area contributed by atoms with Crippen molar-refractivity contribution in [2.24, 2.45) is 5.92 Å². The first-order valence-corrected chi connectivity index (χ1v) is 9.15. The van der Waals surface area contributed by atoms with Crippen LogP contribution in [-0.2, 0) is 4.79 Å². The van der Waals surface area contributed by atoms with Crippen molar-refractivity contribution >= 4 is 23.4 Å². The Hall–Kier alpha value is -3.09. The van der Waals surface area contributed by atoms with E-state index in [9.17, 15) is 14.4 Å². The van der Waals surface area contributed by atoms with Gasteiger partial charge in [-0.2, -0.15) is 0 Å². The second kappa shape index (κ2) is 7.26. The first-order chi connectivity index (χ1) is 13.1. The van der Waals surface area contributed by atoms with Crippen LogP contribution in [0.2, 0.25) is 0 Å². The minimum atomic E-state index is -0.364. The van der Waals surface area contributed by atoms with Gasteiger partial charge in [0.05, 0.1) is 6.26 Å². The van der Waals surface area contributed by atoms with Crippen LogP contribution in [0.3, 0.4) is 0 Å². The number of rotatable bonds is 4. The maximum Gasteiger partial charge on any atom is 0.291 e. The summed E-state index contributed by atoms with van der Waals surface area (Å²) >= 11 is 0. The molecule has 1 aromatic carbocycles. The molecule has 1 aliphatic heterocycles. The number of benzene rings is 1. The summed E-state index contributed by atoms with van der Waals surface area (Å²) < 4.78 is 5.07. The van der Waals surface area contributed by atoms with Gasteiger partial charge in [0.15, 0.2) is 5.76 Å². The van der Waals surface area contributed by atoms with Crippen molar-refractivity contribution in [1.29, 1.82) is 0 Å². The predicted molar refractivity (Wildman–Crippen MR) is 98.3 cm³/mol. The van der Waals surface area contributed by atoms with Gasteiger partial charge in [0.1, 0.15) is 0 Å². The molecule has 3 amide bonds. The molecule has 0 bridgehead atoms. The van der Waals surface area contributed by atoms with Gasteiger partial charge in [-0.25, -0.2) is 0 Å². The van der Waals surface area contributed by atoms with E-state index < -0.39 is 0 Å². The Labute approximate surface area is 156 Å². The van der Waals surface area contributed by atoms with Gasteiger partial charge >= 0.3 is 0 Å².